The Labute approximate surface area is 119 Å². The van der Waals surface area contributed by atoms with Crippen molar-refractivity contribution in [2.24, 2.45) is 0 Å². The van der Waals surface area contributed by atoms with E-state index in [4.69, 9.17) is 4.74 Å². The van der Waals surface area contributed by atoms with Crippen molar-refractivity contribution in [2.45, 2.75) is 19.0 Å². The summed E-state index contributed by atoms with van der Waals surface area (Å²) in [4.78, 5) is 27.8. The van der Waals surface area contributed by atoms with Crippen LogP contribution < -0.4 is 4.90 Å². The van der Waals surface area contributed by atoms with E-state index < -0.39 is 6.09 Å². The van der Waals surface area contributed by atoms with Crippen molar-refractivity contribution >= 4 is 33.6 Å². The first kappa shape index (κ1) is 12.5. The normalized spacial score (nSPS) is 21.2. The summed E-state index contributed by atoms with van der Waals surface area (Å²) in [5.74, 6) is -0.0149. The molecule has 1 aromatic carbocycles. The number of methoxy groups -OCH3 is 1. The molecule has 2 heterocycles. The molecule has 100 valence electrons. The lowest BCUT2D eigenvalue weighted by atomic mass is 10.1. The van der Waals surface area contributed by atoms with Crippen LogP contribution >= 0.6 is 15.9 Å². The Morgan fingerprint density at radius 1 is 1.47 bits per heavy atom. The highest BCUT2D eigenvalue weighted by Crippen LogP contribution is 2.37. The Morgan fingerprint density at radius 2 is 2.26 bits per heavy atom. The fraction of sp³-hybridized carbons (Fsp3) is 0.385. The van der Waals surface area contributed by atoms with Gasteiger partial charge in [0.15, 0.2) is 0 Å². The average molecular weight is 325 g/mol. The number of rotatable bonds is 0. The molecule has 0 aliphatic carbocycles. The first-order chi connectivity index (χ1) is 9.13. The van der Waals surface area contributed by atoms with Crippen molar-refractivity contribution in [1.82, 2.24) is 4.90 Å². The van der Waals surface area contributed by atoms with Crippen molar-refractivity contribution in [2.75, 3.05) is 18.6 Å². The first-order valence-electron chi connectivity index (χ1n) is 6.11. The van der Waals surface area contributed by atoms with Crippen molar-refractivity contribution in [3.8, 4) is 0 Å². The largest absolute Gasteiger partial charge is 0.452 e. The number of benzene rings is 1. The smallest absolute Gasteiger partial charge is 0.415 e. The zero-order valence-corrected chi connectivity index (χ0v) is 12.0. The van der Waals surface area contributed by atoms with E-state index in [1.165, 1.54) is 7.11 Å². The van der Waals surface area contributed by atoms with E-state index in [2.05, 4.69) is 15.9 Å². The standard InChI is InChI=1S/C13H13BrN2O3/c1-19-13(18)16-10-5-4-8(14)7-9(10)12(17)15-6-2-3-11(15)16/h4-5,7,11H,2-3,6H2,1H3. The fourth-order valence-electron chi connectivity index (χ4n) is 2.78. The molecule has 1 saturated heterocycles. The molecule has 1 fully saturated rings. The summed E-state index contributed by atoms with van der Waals surface area (Å²) in [5, 5.41) is 0. The minimum absolute atomic E-state index is 0.0149. The molecule has 0 N–H and O–H groups in total. The summed E-state index contributed by atoms with van der Waals surface area (Å²) < 4.78 is 5.68. The summed E-state index contributed by atoms with van der Waals surface area (Å²) in [5.41, 5.74) is 1.17. The lowest BCUT2D eigenvalue weighted by Crippen LogP contribution is -2.54. The second-order valence-corrected chi connectivity index (χ2v) is 5.54. The average Bonchev–Trinajstić information content (AvgIpc) is 2.88. The van der Waals surface area contributed by atoms with Gasteiger partial charge in [0, 0.05) is 11.0 Å². The minimum Gasteiger partial charge on any atom is -0.452 e. The van der Waals surface area contributed by atoms with Crippen LogP contribution in [0.25, 0.3) is 0 Å². The van der Waals surface area contributed by atoms with Gasteiger partial charge in [-0.25, -0.2) is 4.79 Å². The van der Waals surface area contributed by atoms with Crippen LogP contribution in [-0.2, 0) is 4.74 Å². The van der Waals surface area contributed by atoms with Gasteiger partial charge < -0.3 is 9.64 Å². The highest BCUT2D eigenvalue weighted by Gasteiger charge is 2.43. The van der Waals surface area contributed by atoms with Crippen LogP contribution in [0.3, 0.4) is 0 Å². The van der Waals surface area contributed by atoms with Crippen molar-refractivity contribution < 1.29 is 14.3 Å². The highest BCUT2D eigenvalue weighted by atomic mass is 79.9. The lowest BCUT2D eigenvalue weighted by molar-refractivity contribution is 0.0711. The summed E-state index contributed by atoms with van der Waals surface area (Å²) in [6, 6.07) is 5.36. The number of amides is 2. The Bertz CT molecular complexity index is 561. The van der Waals surface area contributed by atoms with Crippen LogP contribution in [0, 0.1) is 0 Å². The number of hydrogen-bond acceptors (Lipinski definition) is 3. The summed E-state index contributed by atoms with van der Waals surface area (Å²) in [6.07, 6.45) is 1.05. The molecule has 0 bridgehead atoms. The summed E-state index contributed by atoms with van der Waals surface area (Å²) in [6.45, 7) is 0.683. The molecule has 3 rings (SSSR count). The molecule has 19 heavy (non-hydrogen) atoms. The molecule has 2 aliphatic heterocycles. The van der Waals surface area contributed by atoms with Crippen molar-refractivity contribution in [3.05, 3.63) is 28.2 Å². The van der Waals surface area contributed by atoms with Crippen molar-refractivity contribution in [1.29, 1.82) is 0 Å². The maximum Gasteiger partial charge on any atom is 0.415 e. The Kier molecular flexibility index (Phi) is 2.97. The topological polar surface area (TPSA) is 49.9 Å². The number of hydrogen-bond donors (Lipinski definition) is 0. The molecule has 0 aromatic heterocycles. The number of halogens is 1. The van der Waals surface area contributed by atoms with E-state index in [9.17, 15) is 9.59 Å². The van der Waals surface area contributed by atoms with E-state index in [1.807, 2.05) is 6.07 Å². The van der Waals surface area contributed by atoms with Gasteiger partial charge in [-0.15, -0.1) is 0 Å². The molecule has 1 aromatic rings. The van der Waals surface area contributed by atoms with Gasteiger partial charge in [0.25, 0.3) is 5.91 Å². The zero-order chi connectivity index (χ0) is 13.6. The molecule has 2 amide bonds. The number of nitrogens with zero attached hydrogens (tertiary/aromatic N) is 2. The van der Waals surface area contributed by atoms with E-state index in [0.717, 1.165) is 17.3 Å². The van der Waals surface area contributed by atoms with Crippen LogP contribution in [0.15, 0.2) is 22.7 Å². The second kappa shape index (κ2) is 4.52. The molecule has 6 heteroatoms. The van der Waals surface area contributed by atoms with E-state index in [1.54, 1.807) is 21.9 Å². The molecule has 2 aliphatic rings. The molecule has 1 atom stereocenters. The third-order valence-electron chi connectivity index (χ3n) is 3.60. The molecular formula is C13H13BrN2O3. The van der Waals surface area contributed by atoms with Gasteiger partial charge >= 0.3 is 6.09 Å². The summed E-state index contributed by atoms with van der Waals surface area (Å²) in [7, 11) is 1.36. The van der Waals surface area contributed by atoms with Gasteiger partial charge in [0.2, 0.25) is 0 Å². The molecular weight excluding hydrogens is 312 g/mol. The second-order valence-electron chi connectivity index (χ2n) is 4.62. The van der Waals surface area contributed by atoms with E-state index in [0.29, 0.717) is 17.8 Å². The number of fused-ring (bicyclic) bond motifs is 2. The van der Waals surface area contributed by atoms with Gasteiger partial charge in [-0.2, -0.15) is 0 Å². The van der Waals surface area contributed by atoms with Gasteiger partial charge in [0.05, 0.1) is 18.4 Å². The molecule has 0 radical (unpaired) electrons. The maximum absolute atomic E-state index is 12.4. The number of ether oxygens (including phenoxy) is 1. The molecule has 1 unspecified atom stereocenters. The highest BCUT2D eigenvalue weighted by molar-refractivity contribution is 9.10. The Morgan fingerprint density at radius 3 is 3.00 bits per heavy atom. The van der Waals surface area contributed by atoms with Crippen LogP contribution in [-0.4, -0.2) is 36.7 Å². The predicted molar refractivity (Wildman–Crippen MR) is 73.1 cm³/mol. The number of carbonyl (C=O) groups is 2. The zero-order valence-electron chi connectivity index (χ0n) is 10.4. The predicted octanol–water partition coefficient (Wildman–Crippen LogP) is 2.60. The van der Waals surface area contributed by atoms with Crippen LogP contribution in [0.4, 0.5) is 10.5 Å². The minimum atomic E-state index is -0.423. The van der Waals surface area contributed by atoms with Crippen LogP contribution in [0.1, 0.15) is 23.2 Å². The van der Waals surface area contributed by atoms with E-state index in [-0.39, 0.29) is 12.1 Å². The molecule has 5 nitrogen and oxygen atoms in total. The lowest BCUT2D eigenvalue weighted by Gasteiger charge is -2.39. The van der Waals surface area contributed by atoms with Gasteiger partial charge in [-0.05, 0) is 31.0 Å². The van der Waals surface area contributed by atoms with Crippen LogP contribution in [0.5, 0.6) is 0 Å². The molecule has 0 spiro atoms. The SMILES string of the molecule is COC(=O)N1c2ccc(Br)cc2C(=O)N2CCCC21. The Hall–Kier alpha value is -1.56. The monoisotopic (exact) mass is 324 g/mol. The fourth-order valence-corrected chi connectivity index (χ4v) is 3.14. The van der Waals surface area contributed by atoms with Crippen molar-refractivity contribution in [3.63, 3.8) is 0 Å². The Balaban J connectivity index is 2.16. The molecule has 0 saturated carbocycles. The quantitative estimate of drug-likeness (QED) is 0.737. The first-order valence-corrected chi connectivity index (χ1v) is 6.90. The third-order valence-corrected chi connectivity index (χ3v) is 4.09. The maximum atomic E-state index is 12.4. The number of carbonyl (C=O) groups excluding carboxylic acids is 2. The van der Waals surface area contributed by atoms with Gasteiger partial charge in [-0.1, -0.05) is 15.9 Å². The van der Waals surface area contributed by atoms with Gasteiger partial charge in [0.1, 0.15) is 6.17 Å². The van der Waals surface area contributed by atoms with Crippen LogP contribution in [0.2, 0.25) is 0 Å². The number of anilines is 1. The third kappa shape index (κ3) is 1.82. The van der Waals surface area contributed by atoms with Gasteiger partial charge in [-0.3, -0.25) is 9.69 Å². The summed E-state index contributed by atoms with van der Waals surface area (Å²) >= 11 is 3.36. The van der Waals surface area contributed by atoms with E-state index >= 15 is 0 Å².